The topological polar surface area (TPSA) is 125 Å². The third-order valence-corrected chi connectivity index (χ3v) is 5.36. The summed E-state index contributed by atoms with van der Waals surface area (Å²) in [6, 6.07) is 4.25. The van der Waals surface area contributed by atoms with Gasteiger partial charge in [-0.1, -0.05) is 11.6 Å². The first-order chi connectivity index (χ1) is 12.0. The predicted octanol–water partition coefficient (Wildman–Crippen LogP) is 2.32. The Morgan fingerprint density at radius 2 is 1.92 bits per heavy atom. The second kappa shape index (κ2) is 7.42. The van der Waals surface area contributed by atoms with Crippen LogP contribution < -0.4 is 10.0 Å². The Kier molecular flexibility index (Phi) is 5.67. The minimum Gasteiger partial charge on any atom is -0.477 e. The van der Waals surface area contributed by atoms with Crippen LogP contribution in [0.3, 0.4) is 0 Å². The number of nitrogens with zero attached hydrogens (tertiary/aromatic N) is 1. The molecule has 10 heteroatoms. The summed E-state index contributed by atoms with van der Waals surface area (Å²) < 4.78 is 25.3. The van der Waals surface area contributed by atoms with Gasteiger partial charge in [0.1, 0.15) is 9.88 Å². The van der Waals surface area contributed by atoms with Crippen LogP contribution in [-0.4, -0.2) is 36.6 Å². The molecule has 0 aliphatic heterocycles. The smallest absolute Gasteiger partial charge is 0.347 e. The lowest BCUT2D eigenvalue weighted by Gasteiger charge is -2.15. The molecule has 1 amide bonds. The van der Waals surface area contributed by atoms with Crippen molar-refractivity contribution in [3.05, 3.63) is 44.9 Å². The van der Waals surface area contributed by atoms with Crippen molar-refractivity contribution in [2.24, 2.45) is 0 Å². The molecule has 2 rings (SSSR count). The van der Waals surface area contributed by atoms with Crippen LogP contribution in [0, 0.1) is 13.8 Å². The van der Waals surface area contributed by atoms with E-state index in [9.17, 15) is 18.0 Å². The zero-order chi connectivity index (χ0) is 19.6. The van der Waals surface area contributed by atoms with Crippen LogP contribution in [0.15, 0.2) is 18.2 Å². The van der Waals surface area contributed by atoms with Gasteiger partial charge in [-0.15, -0.1) is 11.3 Å². The van der Waals surface area contributed by atoms with E-state index in [-0.39, 0.29) is 16.1 Å². The molecule has 0 spiro atoms. The zero-order valence-corrected chi connectivity index (χ0v) is 16.3. The van der Waals surface area contributed by atoms with E-state index in [1.807, 2.05) is 0 Å². The molecule has 1 heterocycles. The van der Waals surface area contributed by atoms with Gasteiger partial charge in [0.2, 0.25) is 10.0 Å². The molecule has 0 bridgehead atoms. The monoisotopic (exact) mass is 397 g/mol. The number of aromatic nitrogens is 1. The van der Waals surface area contributed by atoms with Crippen LogP contribution >= 0.6 is 11.3 Å². The number of thiazole rings is 1. The fraction of sp³-hybridized carbons (Fsp3) is 0.312. The molecular formula is C16H19N3O5S2. The van der Waals surface area contributed by atoms with E-state index >= 15 is 0 Å². The number of carboxylic acid groups (broad SMARTS) is 1. The first-order valence-corrected chi connectivity index (χ1v) is 10.3. The highest BCUT2D eigenvalue weighted by atomic mass is 32.2. The maximum Gasteiger partial charge on any atom is 0.347 e. The van der Waals surface area contributed by atoms with E-state index < -0.39 is 27.9 Å². The SMILES string of the molecule is Cc1ccc(NS(C)(=O)=O)c(C(=O)NC(C)c2nc(C)c(C(=O)O)s2)c1. The molecule has 0 aliphatic carbocycles. The average Bonchev–Trinajstić information content (AvgIpc) is 2.90. The number of aromatic carboxylic acids is 1. The average molecular weight is 397 g/mol. The minimum absolute atomic E-state index is 0.121. The molecule has 1 unspecified atom stereocenters. The van der Waals surface area contributed by atoms with Crippen LogP contribution in [0.4, 0.5) is 5.69 Å². The molecule has 0 radical (unpaired) electrons. The molecule has 0 fully saturated rings. The molecule has 26 heavy (non-hydrogen) atoms. The van der Waals surface area contributed by atoms with Gasteiger partial charge in [-0.3, -0.25) is 9.52 Å². The van der Waals surface area contributed by atoms with Gasteiger partial charge in [-0.05, 0) is 32.9 Å². The van der Waals surface area contributed by atoms with Gasteiger partial charge in [0.15, 0.2) is 0 Å². The first-order valence-electron chi connectivity index (χ1n) is 7.58. The minimum atomic E-state index is -3.54. The lowest BCUT2D eigenvalue weighted by Crippen LogP contribution is -2.28. The highest BCUT2D eigenvalue weighted by Crippen LogP contribution is 2.25. The van der Waals surface area contributed by atoms with Crippen molar-refractivity contribution in [3.63, 3.8) is 0 Å². The van der Waals surface area contributed by atoms with E-state index in [1.165, 1.54) is 6.07 Å². The number of carboxylic acids is 1. The second-order valence-electron chi connectivity index (χ2n) is 5.89. The summed E-state index contributed by atoms with van der Waals surface area (Å²) in [6.07, 6.45) is 1.00. The van der Waals surface area contributed by atoms with Gasteiger partial charge >= 0.3 is 5.97 Å². The first kappa shape index (κ1) is 19.9. The maximum absolute atomic E-state index is 12.6. The Balaban J connectivity index is 2.28. The van der Waals surface area contributed by atoms with Crippen molar-refractivity contribution in [3.8, 4) is 0 Å². The number of anilines is 1. The summed E-state index contributed by atoms with van der Waals surface area (Å²) in [6.45, 7) is 5.06. The number of nitrogens with one attached hydrogen (secondary N) is 2. The Hall–Kier alpha value is -2.46. The Morgan fingerprint density at radius 1 is 1.27 bits per heavy atom. The summed E-state index contributed by atoms with van der Waals surface area (Å²) in [5.74, 6) is -1.56. The quantitative estimate of drug-likeness (QED) is 0.687. The number of aryl methyl sites for hydroxylation is 2. The Morgan fingerprint density at radius 3 is 2.46 bits per heavy atom. The van der Waals surface area contributed by atoms with Gasteiger partial charge in [-0.2, -0.15) is 0 Å². The van der Waals surface area contributed by atoms with Crippen molar-refractivity contribution >= 4 is 38.9 Å². The molecule has 2 aromatic rings. The van der Waals surface area contributed by atoms with Gasteiger partial charge < -0.3 is 10.4 Å². The van der Waals surface area contributed by atoms with Crippen LogP contribution in [-0.2, 0) is 10.0 Å². The predicted molar refractivity (Wildman–Crippen MR) is 99.3 cm³/mol. The number of sulfonamides is 1. The maximum atomic E-state index is 12.6. The number of carbonyl (C=O) groups excluding carboxylic acids is 1. The van der Waals surface area contributed by atoms with Gasteiger partial charge in [-0.25, -0.2) is 18.2 Å². The van der Waals surface area contributed by atoms with Gasteiger partial charge in [0, 0.05) is 0 Å². The van der Waals surface area contributed by atoms with Crippen LogP contribution in [0.25, 0.3) is 0 Å². The van der Waals surface area contributed by atoms with E-state index in [2.05, 4.69) is 15.0 Å². The van der Waals surface area contributed by atoms with Crippen molar-refractivity contribution in [1.29, 1.82) is 0 Å². The second-order valence-corrected chi connectivity index (χ2v) is 8.67. The van der Waals surface area contributed by atoms with E-state index in [1.54, 1.807) is 32.9 Å². The zero-order valence-electron chi connectivity index (χ0n) is 14.7. The number of hydrogen-bond donors (Lipinski definition) is 3. The van der Waals surface area contributed by atoms with Crippen LogP contribution in [0.2, 0.25) is 0 Å². The standard InChI is InChI=1S/C16H19N3O5S2/c1-8-5-6-12(19-26(4,23)24)11(7-8)14(20)17-10(3)15-18-9(2)13(25-15)16(21)22/h5-7,10,19H,1-4H3,(H,17,20)(H,21,22). The summed E-state index contributed by atoms with van der Waals surface area (Å²) in [5.41, 5.74) is 1.52. The molecule has 0 saturated carbocycles. The van der Waals surface area contributed by atoms with E-state index in [0.717, 1.165) is 23.2 Å². The van der Waals surface area contributed by atoms with Crippen LogP contribution in [0.5, 0.6) is 0 Å². The molecule has 0 saturated heterocycles. The number of benzene rings is 1. The summed E-state index contributed by atoms with van der Waals surface area (Å²) >= 11 is 0.993. The molecule has 3 N–H and O–H groups in total. The third-order valence-electron chi connectivity index (χ3n) is 3.44. The molecule has 1 aromatic carbocycles. The van der Waals surface area contributed by atoms with E-state index in [4.69, 9.17) is 5.11 Å². The third kappa shape index (κ3) is 4.79. The molecule has 8 nitrogen and oxygen atoms in total. The van der Waals surface area contributed by atoms with Crippen LogP contribution in [0.1, 0.15) is 49.3 Å². The molecular weight excluding hydrogens is 378 g/mol. The largest absolute Gasteiger partial charge is 0.477 e. The number of carbonyl (C=O) groups is 2. The number of hydrogen-bond acceptors (Lipinski definition) is 6. The summed E-state index contributed by atoms with van der Waals surface area (Å²) in [7, 11) is -3.54. The summed E-state index contributed by atoms with van der Waals surface area (Å²) in [5, 5.41) is 12.3. The highest BCUT2D eigenvalue weighted by Gasteiger charge is 2.21. The fourth-order valence-corrected chi connectivity index (χ4v) is 3.76. The van der Waals surface area contributed by atoms with Crippen molar-refractivity contribution < 1.29 is 23.1 Å². The summed E-state index contributed by atoms with van der Waals surface area (Å²) in [4.78, 5) is 28.1. The lowest BCUT2D eigenvalue weighted by molar-refractivity contribution is 0.0700. The lowest BCUT2D eigenvalue weighted by atomic mass is 10.1. The van der Waals surface area contributed by atoms with Crippen molar-refractivity contribution in [2.45, 2.75) is 26.8 Å². The Bertz CT molecular complexity index is 966. The van der Waals surface area contributed by atoms with E-state index in [0.29, 0.717) is 10.7 Å². The molecule has 140 valence electrons. The normalized spacial score (nSPS) is 12.5. The number of rotatable bonds is 6. The number of amides is 1. The molecule has 0 aliphatic rings. The van der Waals surface area contributed by atoms with Crippen molar-refractivity contribution in [2.75, 3.05) is 11.0 Å². The van der Waals surface area contributed by atoms with Gasteiger partial charge in [0.25, 0.3) is 5.91 Å². The van der Waals surface area contributed by atoms with Gasteiger partial charge in [0.05, 0.1) is 29.2 Å². The van der Waals surface area contributed by atoms with Crippen molar-refractivity contribution in [1.82, 2.24) is 10.3 Å². The Labute approximate surface area is 155 Å². The molecule has 1 atom stereocenters. The molecule has 1 aromatic heterocycles. The highest BCUT2D eigenvalue weighted by molar-refractivity contribution is 7.92. The fourth-order valence-electron chi connectivity index (χ4n) is 2.27.